The van der Waals surface area contributed by atoms with Crippen LogP contribution in [0.1, 0.15) is 47.4 Å². The molecule has 0 aliphatic heterocycles. The predicted molar refractivity (Wildman–Crippen MR) is 143 cm³/mol. The monoisotopic (exact) mass is 549 g/mol. The van der Waals surface area contributed by atoms with Crippen LogP contribution in [0, 0.1) is 0 Å². The van der Waals surface area contributed by atoms with Crippen molar-refractivity contribution in [2.24, 2.45) is 0 Å². The standard InChI is InChI=1S/C27H30Cl2NO5P/c1-3-34-36(32,35-4-2)26(23-15-16-24(28)25(29)19-23)17-18-30(27(31)22-13-9-6-10-14-22)33-20-21-11-7-5-8-12-21/h5-16,19,26H,3-4,17-18,20H2,1-2H3. The van der Waals surface area contributed by atoms with Gasteiger partial charge >= 0.3 is 7.60 Å². The molecular formula is C27H30Cl2NO5P. The van der Waals surface area contributed by atoms with Crippen LogP contribution in [-0.2, 0) is 25.1 Å². The molecule has 0 saturated heterocycles. The van der Waals surface area contributed by atoms with Crippen LogP contribution in [0.3, 0.4) is 0 Å². The SMILES string of the molecule is CCOP(=O)(OCC)C(CCN(OCc1ccccc1)C(=O)c1ccccc1)c1ccc(Cl)c(Cl)c1. The predicted octanol–water partition coefficient (Wildman–Crippen LogP) is 7.96. The lowest BCUT2D eigenvalue weighted by molar-refractivity contribution is -0.134. The van der Waals surface area contributed by atoms with Gasteiger partial charge in [0.05, 0.1) is 35.5 Å². The van der Waals surface area contributed by atoms with Crippen LogP contribution >= 0.6 is 30.8 Å². The lowest BCUT2D eigenvalue weighted by Gasteiger charge is -2.29. The second-order valence-electron chi connectivity index (χ2n) is 7.89. The third-order valence-corrected chi connectivity index (χ3v) is 8.71. The van der Waals surface area contributed by atoms with E-state index < -0.39 is 13.3 Å². The van der Waals surface area contributed by atoms with Gasteiger partial charge in [-0.3, -0.25) is 14.2 Å². The molecule has 0 aliphatic carbocycles. The van der Waals surface area contributed by atoms with Crippen LogP contribution in [0.15, 0.2) is 78.9 Å². The molecule has 0 bridgehead atoms. The van der Waals surface area contributed by atoms with Gasteiger partial charge in [0.25, 0.3) is 5.91 Å². The van der Waals surface area contributed by atoms with Crippen molar-refractivity contribution in [3.05, 3.63) is 106 Å². The van der Waals surface area contributed by atoms with Gasteiger partial charge in [0.1, 0.15) is 6.61 Å². The number of hydroxylamine groups is 2. The Bertz CT molecular complexity index is 1150. The highest BCUT2D eigenvalue weighted by Crippen LogP contribution is 2.62. The molecule has 6 nitrogen and oxygen atoms in total. The van der Waals surface area contributed by atoms with E-state index >= 15 is 0 Å². The molecule has 0 aliphatic rings. The summed E-state index contributed by atoms with van der Waals surface area (Å²) in [5.74, 6) is -0.304. The highest BCUT2D eigenvalue weighted by Gasteiger charge is 2.37. The fraction of sp³-hybridized carbons (Fsp3) is 0.296. The number of carbonyl (C=O) groups excluding carboxylic acids is 1. The van der Waals surface area contributed by atoms with E-state index in [1.807, 2.05) is 36.4 Å². The largest absolute Gasteiger partial charge is 0.338 e. The minimum atomic E-state index is -3.62. The van der Waals surface area contributed by atoms with Gasteiger partial charge in [0.15, 0.2) is 0 Å². The molecule has 3 rings (SSSR count). The number of nitrogens with zero attached hydrogens (tertiary/aromatic N) is 1. The van der Waals surface area contributed by atoms with Gasteiger partial charge in [-0.05, 0) is 55.7 Å². The van der Waals surface area contributed by atoms with Crippen LogP contribution in [0.2, 0.25) is 10.0 Å². The molecule has 0 spiro atoms. The van der Waals surface area contributed by atoms with Gasteiger partial charge in [0.2, 0.25) is 0 Å². The lowest BCUT2D eigenvalue weighted by Crippen LogP contribution is -2.33. The van der Waals surface area contributed by atoms with Crippen molar-refractivity contribution in [2.45, 2.75) is 32.5 Å². The van der Waals surface area contributed by atoms with Gasteiger partial charge < -0.3 is 9.05 Å². The molecule has 192 valence electrons. The van der Waals surface area contributed by atoms with Gasteiger partial charge in [0, 0.05) is 5.56 Å². The molecule has 1 unspecified atom stereocenters. The van der Waals surface area contributed by atoms with E-state index in [0.29, 0.717) is 21.2 Å². The first-order chi connectivity index (χ1) is 17.4. The summed E-state index contributed by atoms with van der Waals surface area (Å²) in [5, 5.41) is 2.01. The van der Waals surface area contributed by atoms with Crippen LogP contribution in [0.5, 0.6) is 0 Å². The number of hydrogen-bond donors (Lipinski definition) is 0. The molecule has 0 heterocycles. The minimum Gasteiger partial charge on any atom is -0.308 e. The number of rotatable bonds is 13. The van der Waals surface area contributed by atoms with Gasteiger partial charge in [-0.2, -0.15) is 0 Å². The summed E-state index contributed by atoms with van der Waals surface area (Å²) in [6.45, 7) is 4.25. The zero-order chi connectivity index (χ0) is 26.0. The molecule has 36 heavy (non-hydrogen) atoms. The van der Waals surface area contributed by atoms with E-state index in [-0.39, 0.29) is 38.7 Å². The van der Waals surface area contributed by atoms with Gasteiger partial charge in [-0.1, -0.05) is 77.8 Å². The second kappa shape index (κ2) is 13.9. The normalized spacial score (nSPS) is 12.3. The molecule has 3 aromatic rings. The maximum Gasteiger partial charge on any atom is 0.338 e. The fourth-order valence-corrected chi connectivity index (χ4v) is 6.14. The molecule has 0 saturated carbocycles. The van der Waals surface area contributed by atoms with Crippen molar-refractivity contribution in [3.63, 3.8) is 0 Å². The summed E-state index contributed by atoms with van der Waals surface area (Å²) in [6.07, 6.45) is 0.239. The van der Waals surface area contributed by atoms with E-state index in [0.717, 1.165) is 5.56 Å². The summed E-state index contributed by atoms with van der Waals surface area (Å²) in [6, 6.07) is 23.5. The maximum absolute atomic E-state index is 13.9. The first-order valence-corrected chi connectivity index (χ1v) is 14.1. The zero-order valence-corrected chi connectivity index (χ0v) is 22.7. The topological polar surface area (TPSA) is 65.1 Å². The second-order valence-corrected chi connectivity index (χ2v) is 10.9. The first kappa shape index (κ1) is 28.4. The minimum absolute atomic E-state index is 0.135. The fourth-order valence-electron chi connectivity index (χ4n) is 3.72. The molecule has 1 atom stereocenters. The molecule has 0 radical (unpaired) electrons. The van der Waals surface area contributed by atoms with Crippen molar-refractivity contribution >= 4 is 36.7 Å². The first-order valence-electron chi connectivity index (χ1n) is 11.8. The third-order valence-electron chi connectivity index (χ3n) is 5.41. The molecule has 0 aromatic heterocycles. The van der Waals surface area contributed by atoms with E-state index in [1.165, 1.54) is 5.06 Å². The average Bonchev–Trinajstić information content (AvgIpc) is 2.89. The van der Waals surface area contributed by atoms with Crippen molar-refractivity contribution in [1.82, 2.24) is 5.06 Å². The number of benzene rings is 3. The van der Waals surface area contributed by atoms with E-state index in [1.54, 1.807) is 56.3 Å². The van der Waals surface area contributed by atoms with Gasteiger partial charge in [-0.25, -0.2) is 5.06 Å². The Morgan fingerprint density at radius 1 is 0.889 bits per heavy atom. The number of halogens is 2. The van der Waals surface area contributed by atoms with Crippen LogP contribution in [-0.4, -0.2) is 30.7 Å². The highest BCUT2D eigenvalue weighted by atomic mass is 35.5. The van der Waals surface area contributed by atoms with Crippen LogP contribution < -0.4 is 0 Å². The summed E-state index contributed by atoms with van der Waals surface area (Å²) in [7, 11) is -3.62. The molecule has 0 fully saturated rings. The van der Waals surface area contributed by atoms with E-state index in [9.17, 15) is 9.36 Å². The van der Waals surface area contributed by atoms with E-state index in [4.69, 9.17) is 37.1 Å². The Balaban J connectivity index is 1.90. The number of hydrogen-bond acceptors (Lipinski definition) is 5. The quantitative estimate of drug-likeness (QED) is 0.160. The maximum atomic E-state index is 13.9. The van der Waals surface area contributed by atoms with Crippen molar-refractivity contribution in [1.29, 1.82) is 0 Å². The van der Waals surface area contributed by atoms with Crippen molar-refractivity contribution < 1.29 is 23.2 Å². The Hall–Kier alpha value is -2.18. The van der Waals surface area contributed by atoms with E-state index in [2.05, 4.69) is 0 Å². The molecule has 3 aromatic carbocycles. The summed E-state index contributed by atoms with van der Waals surface area (Å²) >= 11 is 12.4. The Labute approximate surface area is 222 Å². The summed E-state index contributed by atoms with van der Waals surface area (Å²) in [5.41, 5.74) is 1.34. The average molecular weight is 550 g/mol. The molecule has 9 heteroatoms. The lowest BCUT2D eigenvalue weighted by atomic mass is 10.1. The number of carbonyl (C=O) groups is 1. The summed E-state index contributed by atoms with van der Waals surface area (Å²) < 4.78 is 25.2. The Morgan fingerprint density at radius 3 is 2.08 bits per heavy atom. The van der Waals surface area contributed by atoms with Crippen molar-refractivity contribution in [2.75, 3.05) is 19.8 Å². The van der Waals surface area contributed by atoms with Crippen molar-refractivity contribution in [3.8, 4) is 0 Å². The van der Waals surface area contributed by atoms with Crippen LogP contribution in [0.4, 0.5) is 0 Å². The zero-order valence-electron chi connectivity index (χ0n) is 20.3. The summed E-state index contributed by atoms with van der Waals surface area (Å²) in [4.78, 5) is 19.3. The third kappa shape index (κ3) is 7.66. The molecular weight excluding hydrogens is 520 g/mol. The molecule has 0 N–H and O–H groups in total. The number of amides is 1. The molecule has 1 amide bonds. The Morgan fingerprint density at radius 2 is 1.50 bits per heavy atom. The van der Waals surface area contributed by atoms with Crippen LogP contribution in [0.25, 0.3) is 0 Å². The highest BCUT2D eigenvalue weighted by molar-refractivity contribution is 7.54. The Kier molecular flexibility index (Phi) is 11.0. The smallest absolute Gasteiger partial charge is 0.308 e. The van der Waals surface area contributed by atoms with Gasteiger partial charge in [-0.15, -0.1) is 0 Å².